The summed E-state index contributed by atoms with van der Waals surface area (Å²) >= 11 is 7.16. The Hall–Kier alpha value is -1.27. The molecule has 0 spiro atoms. The number of nitro groups is 1. The molecule has 1 aliphatic carbocycles. The van der Waals surface area contributed by atoms with Crippen LogP contribution >= 0.6 is 23.4 Å². The van der Waals surface area contributed by atoms with Crippen molar-refractivity contribution in [3.05, 3.63) is 38.9 Å². The van der Waals surface area contributed by atoms with Crippen LogP contribution in [0, 0.1) is 10.1 Å². The predicted molar refractivity (Wildman–Crippen MR) is 75.4 cm³/mol. The lowest BCUT2D eigenvalue weighted by atomic mass is 10.2. The molecule has 1 aromatic carbocycles. The molecule has 0 aromatic heterocycles. The predicted octanol–water partition coefficient (Wildman–Crippen LogP) is 2.76. The number of benzene rings is 1. The van der Waals surface area contributed by atoms with Crippen molar-refractivity contribution in [2.45, 2.75) is 24.6 Å². The van der Waals surface area contributed by atoms with Gasteiger partial charge in [0.25, 0.3) is 5.69 Å². The fourth-order valence-electron chi connectivity index (χ4n) is 1.55. The van der Waals surface area contributed by atoms with Crippen LogP contribution in [0.15, 0.2) is 18.2 Å². The summed E-state index contributed by atoms with van der Waals surface area (Å²) < 4.78 is 0. The molecule has 2 rings (SSSR count). The Labute approximate surface area is 119 Å². The van der Waals surface area contributed by atoms with E-state index < -0.39 is 4.92 Å². The number of amides is 1. The van der Waals surface area contributed by atoms with Crippen LogP contribution in [-0.4, -0.2) is 22.6 Å². The highest BCUT2D eigenvalue weighted by atomic mass is 35.5. The largest absolute Gasteiger partial charge is 0.353 e. The third kappa shape index (κ3) is 4.40. The van der Waals surface area contributed by atoms with Gasteiger partial charge in [0.2, 0.25) is 5.91 Å². The van der Waals surface area contributed by atoms with Gasteiger partial charge in [0.1, 0.15) is 5.02 Å². The minimum Gasteiger partial charge on any atom is -0.353 e. The van der Waals surface area contributed by atoms with Gasteiger partial charge in [-0.15, -0.1) is 11.8 Å². The zero-order chi connectivity index (χ0) is 13.8. The van der Waals surface area contributed by atoms with Crippen molar-refractivity contribution in [1.29, 1.82) is 0 Å². The van der Waals surface area contributed by atoms with Crippen molar-refractivity contribution < 1.29 is 9.72 Å². The van der Waals surface area contributed by atoms with Gasteiger partial charge in [-0.05, 0) is 24.5 Å². The van der Waals surface area contributed by atoms with E-state index in [1.807, 2.05) is 0 Å². The molecule has 1 aromatic rings. The number of nitro benzene ring substituents is 1. The Bertz CT molecular complexity index is 506. The molecule has 0 saturated heterocycles. The lowest BCUT2D eigenvalue weighted by Gasteiger charge is -2.04. The summed E-state index contributed by atoms with van der Waals surface area (Å²) in [6, 6.07) is 5.07. The Morgan fingerprint density at radius 3 is 2.89 bits per heavy atom. The molecule has 0 bridgehead atoms. The van der Waals surface area contributed by atoms with Crippen molar-refractivity contribution >= 4 is 35.0 Å². The molecule has 19 heavy (non-hydrogen) atoms. The number of hydrogen-bond donors (Lipinski definition) is 1. The minimum absolute atomic E-state index is 0.0240. The Morgan fingerprint density at radius 2 is 2.26 bits per heavy atom. The number of rotatable bonds is 6. The SMILES string of the molecule is O=C(CSCc1ccc(Cl)c([N+](=O)[O-])c1)NC1CC1. The van der Waals surface area contributed by atoms with E-state index in [0.717, 1.165) is 18.4 Å². The van der Waals surface area contributed by atoms with Crippen LogP contribution in [-0.2, 0) is 10.5 Å². The number of nitrogens with zero attached hydrogens (tertiary/aromatic N) is 1. The normalized spacial score (nSPS) is 14.2. The minimum atomic E-state index is -0.504. The average molecular weight is 301 g/mol. The van der Waals surface area contributed by atoms with E-state index in [2.05, 4.69) is 5.32 Å². The summed E-state index contributed by atoms with van der Waals surface area (Å²) in [4.78, 5) is 21.7. The van der Waals surface area contributed by atoms with Crippen molar-refractivity contribution in [2.75, 3.05) is 5.75 Å². The zero-order valence-corrected chi connectivity index (χ0v) is 11.7. The fraction of sp³-hybridized carbons (Fsp3) is 0.417. The van der Waals surface area contributed by atoms with Gasteiger partial charge >= 0.3 is 0 Å². The van der Waals surface area contributed by atoms with E-state index in [-0.39, 0.29) is 16.6 Å². The summed E-state index contributed by atoms with van der Waals surface area (Å²) in [6.45, 7) is 0. The second-order valence-electron chi connectivity index (χ2n) is 4.38. The maximum Gasteiger partial charge on any atom is 0.288 e. The molecular formula is C12H13ClN2O3S. The van der Waals surface area contributed by atoms with Crippen LogP contribution in [0.3, 0.4) is 0 Å². The van der Waals surface area contributed by atoms with Gasteiger partial charge in [0.05, 0.1) is 10.7 Å². The van der Waals surface area contributed by atoms with Crippen molar-refractivity contribution in [1.82, 2.24) is 5.32 Å². The van der Waals surface area contributed by atoms with Crippen LogP contribution < -0.4 is 5.32 Å². The molecule has 1 N–H and O–H groups in total. The van der Waals surface area contributed by atoms with Crippen LogP contribution in [0.25, 0.3) is 0 Å². The van der Waals surface area contributed by atoms with Gasteiger partial charge in [-0.2, -0.15) is 0 Å². The summed E-state index contributed by atoms with van der Waals surface area (Å²) in [7, 11) is 0. The second kappa shape index (κ2) is 6.25. The van der Waals surface area contributed by atoms with E-state index in [1.165, 1.54) is 23.9 Å². The Morgan fingerprint density at radius 1 is 1.53 bits per heavy atom. The van der Waals surface area contributed by atoms with Crippen molar-refractivity contribution in [2.24, 2.45) is 0 Å². The molecule has 0 radical (unpaired) electrons. The van der Waals surface area contributed by atoms with E-state index >= 15 is 0 Å². The topological polar surface area (TPSA) is 72.2 Å². The highest BCUT2D eigenvalue weighted by Gasteiger charge is 2.22. The van der Waals surface area contributed by atoms with Gasteiger partial charge in [0.15, 0.2) is 0 Å². The molecule has 1 amide bonds. The molecule has 5 nitrogen and oxygen atoms in total. The fourth-order valence-corrected chi connectivity index (χ4v) is 2.52. The smallest absolute Gasteiger partial charge is 0.288 e. The highest BCUT2D eigenvalue weighted by Crippen LogP contribution is 2.26. The van der Waals surface area contributed by atoms with Crippen LogP contribution in [0.5, 0.6) is 0 Å². The Balaban J connectivity index is 1.83. The molecular weight excluding hydrogens is 288 g/mol. The van der Waals surface area contributed by atoms with Gasteiger partial charge in [-0.3, -0.25) is 14.9 Å². The maximum absolute atomic E-state index is 11.5. The van der Waals surface area contributed by atoms with Crippen LogP contribution in [0.2, 0.25) is 5.02 Å². The molecule has 0 aliphatic heterocycles. The number of nitrogens with one attached hydrogen (secondary N) is 1. The van der Waals surface area contributed by atoms with E-state index in [0.29, 0.717) is 17.5 Å². The monoisotopic (exact) mass is 300 g/mol. The molecule has 0 unspecified atom stereocenters. The molecule has 0 atom stereocenters. The summed E-state index contributed by atoms with van der Waals surface area (Å²) in [5, 5.41) is 13.8. The van der Waals surface area contributed by atoms with Crippen LogP contribution in [0.4, 0.5) is 5.69 Å². The first-order valence-corrected chi connectivity index (χ1v) is 7.39. The Kier molecular flexibility index (Phi) is 4.66. The summed E-state index contributed by atoms with van der Waals surface area (Å²) in [6.07, 6.45) is 2.14. The number of carbonyl (C=O) groups is 1. The first-order chi connectivity index (χ1) is 9.06. The highest BCUT2D eigenvalue weighted by molar-refractivity contribution is 7.99. The van der Waals surface area contributed by atoms with Gasteiger partial charge in [0, 0.05) is 17.9 Å². The van der Waals surface area contributed by atoms with Crippen LogP contribution in [0.1, 0.15) is 18.4 Å². The molecule has 1 fully saturated rings. The standard InChI is InChI=1S/C12H13ClN2O3S/c13-10-4-1-8(5-11(10)15(17)18)6-19-7-12(16)14-9-2-3-9/h1,4-5,9H,2-3,6-7H2,(H,14,16). The molecule has 1 aliphatic rings. The van der Waals surface area contributed by atoms with E-state index in [1.54, 1.807) is 6.07 Å². The third-order valence-electron chi connectivity index (χ3n) is 2.65. The van der Waals surface area contributed by atoms with Crippen molar-refractivity contribution in [3.63, 3.8) is 0 Å². The first-order valence-electron chi connectivity index (χ1n) is 5.86. The number of halogens is 1. The number of hydrogen-bond acceptors (Lipinski definition) is 4. The summed E-state index contributed by atoms with van der Waals surface area (Å²) in [5.41, 5.74) is 0.697. The lowest BCUT2D eigenvalue weighted by Crippen LogP contribution is -2.27. The lowest BCUT2D eigenvalue weighted by molar-refractivity contribution is -0.384. The quantitative estimate of drug-likeness (QED) is 0.647. The van der Waals surface area contributed by atoms with E-state index in [4.69, 9.17) is 11.6 Å². The average Bonchev–Trinajstić information content (AvgIpc) is 3.14. The zero-order valence-electron chi connectivity index (χ0n) is 10.1. The first kappa shape index (κ1) is 14.1. The van der Waals surface area contributed by atoms with Gasteiger partial charge in [-0.25, -0.2) is 0 Å². The number of carbonyl (C=O) groups excluding carboxylic acids is 1. The number of thioether (sulfide) groups is 1. The van der Waals surface area contributed by atoms with Gasteiger partial charge in [-0.1, -0.05) is 17.7 Å². The molecule has 1 saturated carbocycles. The van der Waals surface area contributed by atoms with E-state index in [9.17, 15) is 14.9 Å². The van der Waals surface area contributed by atoms with Gasteiger partial charge < -0.3 is 5.32 Å². The second-order valence-corrected chi connectivity index (χ2v) is 5.77. The maximum atomic E-state index is 11.5. The molecule has 0 heterocycles. The molecule has 102 valence electrons. The van der Waals surface area contributed by atoms with Crippen molar-refractivity contribution in [3.8, 4) is 0 Å². The summed E-state index contributed by atoms with van der Waals surface area (Å²) in [5.74, 6) is 0.944. The third-order valence-corrected chi connectivity index (χ3v) is 3.97. The molecule has 7 heteroatoms.